The number of aryl methyl sites for hydroxylation is 1. The van der Waals surface area contributed by atoms with Crippen molar-refractivity contribution in [2.45, 2.75) is 18.7 Å². The summed E-state index contributed by atoms with van der Waals surface area (Å²) in [5, 5.41) is 0. The molecule has 0 aliphatic heterocycles. The van der Waals surface area contributed by atoms with Crippen LogP contribution in [-0.2, 0) is 20.5 Å². The van der Waals surface area contributed by atoms with Gasteiger partial charge in [-0.1, -0.05) is 17.7 Å². The zero-order valence-corrected chi connectivity index (χ0v) is 9.99. The highest BCUT2D eigenvalue weighted by Crippen LogP contribution is 2.08. The number of ether oxygens (including phenoxy) is 1. The average molecular weight is 239 g/mol. The minimum Gasteiger partial charge on any atom is -0.462 e. The molecule has 0 bridgehead atoms. The molecule has 0 amide bonds. The Bertz CT molecular complexity index is 412. The summed E-state index contributed by atoms with van der Waals surface area (Å²) in [6, 6.07) is 7.11. The molecule has 0 fully saturated rings. The highest BCUT2D eigenvalue weighted by molar-refractivity contribution is 7.83. The van der Waals surface area contributed by atoms with E-state index in [1.165, 1.54) is 0 Å². The van der Waals surface area contributed by atoms with Crippen LogP contribution in [0.25, 0.3) is 0 Å². The molecular weight excluding hydrogens is 226 g/mol. The molecule has 0 aliphatic carbocycles. The minimum absolute atomic E-state index is 0.280. The Morgan fingerprint density at radius 2 is 2.06 bits per heavy atom. The first-order chi connectivity index (χ1) is 7.63. The van der Waals surface area contributed by atoms with Crippen LogP contribution in [0.2, 0.25) is 0 Å². The summed E-state index contributed by atoms with van der Waals surface area (Å²) in [4.78, 5) is 11.5. The van der Waals surface area contributed by atoms with Gasteiger partial charge in [0.15, 0.2) is 11.0 Å². The standard InChI is InChI=1S/C11H13NO3S/c1-3-15-11(13)8-12-16(14)10-6-4-9(2)5-7-10/h4-8H,3H2,1-2H3/t16-/m1/s1. The zero-order chi connectivity index (χ0) is 12.0. The second-order valence-electron chi connectivity index (χ2n) is 3.05. The first-order valence-corrected chi connectivity index (χ1v) is 5.93. The molecule has 0 radical (unpaired) electrons. The Morgan fingerprint density at radius 1 is 1.44 bits per heavy atom. The molecule has 0 aliphatic rings. The van der Waals surface area contributed by atoms with Gasteiger partial charge in [0.05, 0.1) is 11.5 Å². The minimum atomic E-state index is -1.55. The van der Waals surface area contributed by atoms with Gasteiger partial charge in [-0.05, 0) is 26.0 Å². The fourth-order valence-corrected chi connectivity index (χ4v) is 1.66. The van der Waals surface area contributed by atoms with E-state index in [4.69, 9.17) is 0 Å². The lowest BCUT2D eigenvalue weighted by Gasteiger charge is -1.97. The van der Waals surface area contributed by atoms with Crippen LogP contribution in [-0.4, -0.2) is 23.0 Å². The highest BCUT2D eigenvalue weighted by atomic mass is 32.2. The van der Waals surface area contributed by atoms with E-state index in [0.717, 1.165) is 11.8 Å². The Balaban J connectivity index is 2.65. The van der Waals surface area contributed by atoms with Crippen molar-refractivity contribution >= 4 is 23.2 Å². The fourth-order valence-electron chi connectivity index (χ4n) is 0.986. The summed E-state index contributed by atoms with van der Waals surface area (Å²) < 4.78 is 19.8. The number of hydrogen-bond donors (Lipinski definition) is 0. The molecule has 1 atom stereocenters. The van der Waals surface area contributed by atoms with Crippen LogP contribution >= 0.6 is 0 Å². The lowest BCUT2D eigenvalue weighted by atomic mass is 10.2. The van der Waals surface area contributed by atoms with Crippen molar-refractivity contribution in [3.05, 3.63) is 29.8 Å². The van der Waals surface area contributed by atoms with Crippen LogP contribution in [0.15, 0.2) is 33.6 Å². The number of esters is 1. The van der Waals surface area contributed by atoms with Crippen molar-refractivity contribution in [1.82, 2.24) is 0 Å². The number of benzene rings is 1. The Labute approximate surface area is 96.9 Å². The number of carbonyl (C=O) groups is 1. The lowest BCUT2D eigenvalue weighted by Crippen LogP contribution is -2.05. The van der Waals surface area contributed by atoms with Gasteiger partial charge < -0.3 is 4.74 Å². The van der Waals surface area contributed by atoms with Crippen molar-refractivity contribution in [3.63, 3.8) is 0 Å². The molecule has 0 aromatic heterocycles. The van der Waals surface area contributed by atoms with E-state index in [1.54, 1.807) is 19.1 Å². The molecule has 0 N–H and O–H groups in total. The molecule has 1 aromatic rings. The molecule has 0 saturated heterocycles. The van der Waals surface area contributed by atoms with E-state index >= 15 is 0 Å². The summed E-state index contributed by atoms with van der Waals surface area (Å²) in [5.41, 5.74) is 1.08. The molecule has 16 heavy (non-hydrogen) atoms. The van der Waals surface area contributed by atoms with E-state index in [9.17, 15) is 9.00 Å². The van der Waals surface area contributed by atoms with E-state index in [-0.39, 0.29) is 6.61 Å². The van der Waals surface area contributed by atoms with Crippen molar-refractivity contribution in [2.75, 3.05) is 6.61 Å². The summed E-state index contributed by atoms with van der Waals surface area (Å²) in [6.07, 6.45) is 0.944. The van der Waals surface area contributed by atoms with Gasteiger partial charge in [0.25, 0.3) is 0 Å². The van der Waals surface area contributed by atoms with Gasteiger partial charge in [-0.15, -0.1) is 0 Å². The smallest absolute Gasteiger partial charge is 0.350 e. The summed E-state index contributed by atoms with van der Waals surface area (Å²) >= 11 is 0. The highest BCUT2D eigenvalue weighted by Gasteiger charge is 2.02. The van der Waals surface area contributed by atoms with Crippen molar-refractivity contribution in [3.8, 4) is 0 Å². The maximum absolute atomic E-state index is 11.6. The summed E-state index contributed by atoms with van der Waals surface area (Å²) in [5.74, 6) is -0.581. The topological polar surface area (TPSA) is 55.7 Å². The van der Waals surface area contributed by atoms with Gasteiger partial charge in [-0.2, -0.15) is 4.40 Å². The molecule has 1 rings (SSSR count). The second kappa shape index (κ2) is 6.17. The van der Waals surface area contributed by atoms with Crippen LogP contribution in [0.4, 0.5) is 0 Å². The van der Waals surface area contributed by atoms with Gasteiger partial charge in [0.1, 0.15) is 6.21 Å². The fraction of sp³-hybridized carbons (Fsp3) is 0.273. The lowest BCUT2D eigenvalue weighted by molar-refractivity contribution is -0.134. The van der Waals surface area contributed by atoms with E-state index < -0.39 is 17.0 Å². The second-order valence-corrected chi connectivity index (χ2v) is 4.23. The molecule has 1 aromatic carbocycles. The number of nitrogens with zero attached hydrogens (tertiary/aromatic N) is 1. The van der Waals surface area contributed by atoms with E-state index in [2.05, 4.69) is 9.13 Å². The van der Waals surface area contributed by atoms with Crippen LogP contribution in [0.3, 0.4) is 0 Å². The SMILES string of the molecule is CCOC(=O)C=N[S@](=O)c1ccc(C)cc1. The quantitative estimate of drug-likeness (QED) is 0.593. The number of rotatable bonds is 4. The van der Waals surface area contributed by atoms with Crippen molar-refractivity contribution < 1.29 is 13.7 Å². The van der Waals surface area contributed by atoms with Gasteiger partial charge >= 0.3 is 5.97 Å². The van der Waals surface area contributed by atoms with Crippen molar-refractivity contribution in [1.29, 1.82) is 0 Å². The maximum atomic E-state index is 11.6. The molecule has 0 heterocycles. The molecular formula is C11H13NO3S. The number of hydrogen-bond acceptors (Lipinski definition) is 3. The Kier molecular flexibility index (Phi) is 4.85. The normalized spacial score (nSPS) is 12.6. The molecule has 4 nitrogen and oxygen atoms in total. The van der Waals surface area contributed by atoms with Crippen LogP contribution in [0.1, 0.15) is 12.5 Å². The third-order valence-corrected chi connectivity index (χ3v) is 2.74. The van der Waals surface area contributed by atoms with Gasteiger partial charge in [-0.3, -0.25) is 0 Å². The predicted octanol–water partition coefficient (Wildman–Crippen LogP) is 1.65. The maximum Gasteiger partial charge on any atom is 0.350 e. The van der Waals surface area contributed by atoms with Gasteiger partial charge in [-0.25, -0.2) is 9.00 Å². The third kappa shape index (κ3) is 3.94. The summed E-state index contributed by atoms with van der Waals surface area (Å²) in [7, 11) is -1.55. The molecule has 86 valence electrons. The third-order valence-electron chi connectivity index (χ3n) is 1.76. The molecule has 5 heteroatoms. The average Bonchev–Trinajstić information content (AvgIpc) is 2.27. The van der Waals surface area contributed by atoms with Crippen molar-refractivity contribution in [2.24, 2.45) is 4.40 Å². The van der Waals surface area contributed by atoms with Gasteiger partial charge in [0.2, 0.25) is 0 Å². The first-order valence-electron chi connectivity index (χ1n) is 4.83. The van der Waals surface area contributed by atoms with Crippen LogP contribution in [0, 0.1) is 6.92 Å². The largest absolute Gasteiger partial charge is 0.462 e. The molecule has 0 saturated carbocycles. The van der Waals surface area contributed by atoms with E-state index in [1.807, 2.05) is 19.1 Å². The van der Waals surface area contributed by atoms with Crippen LogP contribution < -0.4 is 0 Å². The monoisotopic (exact) mass is 239 g/mol. The molecule has 0 spiro atoms. The van der Waals surface area contributed by atoms with E-state index in [0.29, 0.717) is 4.90 Å². The van der Waals surface area contributed by atoms with Gasteiger partial charge in [0, 0.05) is 0 Å². The Morgan fingerprint density at radius 3 is 2.62 bits per heavy atom. The predicted molar refractivity (Wildman–Crippen MR) is 62.7 cm³/mol. The molecule has 0 unspecified atom stereocenters. The summed E-state index contributed by atoms with van der Waals surface area (Å²) in [6.45, 7) is 3.92. The Hall–Kier alpha value is -1.49. The first kappa shape index (κ1) is 12.6. The zero-order valence-electron chi connectivity index (χ0n) is 9.17. The number of carbonyl (C=O) groups excluding carboxylic acids is 1. The van der Waals surface area contributed by atoms with Crippen LogP contribution in [0.5, 0.6) is 0 Å².